The van der Waals surface area contributed by atoms with E-state index in [1.165, 1.54) is 0 Å². The second-order valence-electron chi connectivity index (χ2n) is 6.21. The fourth-order valence-corrected chi connectivity index (χ4v) is 2.67. The Kier molecular flexibility index (Phi) is 5.80. The van der Waals surface area contributed by atoms with Crippen LogP contribution in [0.2, 0.25) is 0 Å². The zero-order valence-electron chi connectivity index (χ0n) is 14.3. The van der Waals surface area contributed by atoms with E-state index in [1.807, 2.05) is 62.4 Å². The van der Waals surface area contributed by atoms with Crippen LogP contribution in [0, 0.1) is 19.8 Å². The molecule has 0 saturated carbocycles. The lowest BCUT2D eigenvalue weighted by atomic mass is 9.96. The lowest BCUT2D eigenvalue weighted by Gasteiger charge is -2.23. The van der Waals surface area contributed by atoms with Gasteiger partial charge in [0.15, 0.2) is 6.61 Å². The summed E-state index contributed by atoms with van der Waals surface area (Å²) < 4.78 is 5.73. The summed E-state index contributed by atoms with van der Waals surface area (Å²) in [4.78, 5) is 12.3. The summed E-state index contributed by atoms with van der Waals surface area (Å²) in [5.41, 5.74) is 3.20. The molecule has 0 fully saturated rings. The van der Waals surface area contributed by atoms with Crippen molar-refractivity contribution in [1.82, 2.24) is 5.32 Å². The molecular weight excluding hydrogens is 286 g/mol. The van der Waals surface area contributed by atoms with Crippen LogP contribution >= 0.6 is 0 Å². The smallest absolute Gasteiger partial charge is 0.258 e. The minimum absolute atomic E-state index is 0.00901. The van der Waals surface area contributed by atoms with Gasteiger partial charge in [-0.15, -0.1) is 0 Å². The van der Waals surface area contributed by atoms with Crippen LogP contribution in [0.4, 0.5) is 0 Å². The number of carbonyl (C=O) groups excluding carboxylic acids is 1. The molecule has 23 heavy (non-hydrogen) atoms. The second-order valence-corrected chi connectivity index (χ2v) is 6.21. The Balaban J connectivity index is 2.00. The third-order valence-electron chi connectivity index (χ3n) is 3.90. The fraction of sp³-hybridized carbons (Fsp3) is 0.350. The van der Waals surface area contributed by atoms with Crippen molar-refractivity contribution in [2.24, 2.45) is 5.92 Å². The molecule has 1 atom stereocenters. The van der Waals surface area contributed by atoms with E-state index in [9.17, 15) is 4.79 Å². The lowest BCUT2D eigenvalue weighted by molar-refractivity contribution is -0.124. The average Bonchev–Trinajstić information content (AvgIpc) is 2.52. The highest BCUT2D eigenvalue weighted by Crippen LogP contribution is 2.23. The van der Waals surface area contributed by atoms with Crippen LogP contribution in [0.5, 0.6) is 5.75 Å². The number of para-hydroxylation sites is 1. The normalized spacial score (nSPS) is 12.0. The summed E-state index contributed by atoms with van der Waals surface area (Å²) in [5.74, 6) is 1.00. The van der Waals surface area contributed by atoms with Gasteiger partial charge in [0.05, 0.1) is 6.04 Å². The third-order valence-corrected chi connectivity index (χ3v) is 3.90. The van der Waals surface area contributed by atoms with Gasteiger partial charge in [0.1, 0.15) is 5.75 Å². The van der Waals surface area contributed by atoms with Crippen LogP contribution in [-0.4, -0.2) is 12.5 Å². The Bertz CT molecular complexity index is 630. The molecule has 0 aliphatic carbocycles. The second kappa shape index (κ2) is 7.82. The molecule has 0 aromatic heterocycles. The van der Waals surface area contributed by atoms with Crippen LogP contribution in [0.25, 0.3) is 0 Å². The van der Waals surface area contributed by atoms with Crippen LogP contribution in [0.15, 0.2) is 48.5 Å². The molecular formula is C20H25NO2. The number of hydrogen-bond donors (Lipinski definition) is 1. The molecule has 3 heteroatoms. The first-order valence-electron chi connectivity index (χ1n) is 8.02. The molecule has 0 saturated heterocycles. The zero-order chi connectivity index (χ0) is 16.8. The molecule has 0 bridgehead atoms. The van der Waals surface area contributed by atoms with Crippen molar-refractivity contribution in [3.63, 3.8) is 0 Å². The number of hydrogen-bond acceptors (Lipinski definition) is 2. The average molecular weight is 311 g/mol. The number of amides is 1. The van der Waals surface area contributed by atoms with Crippen molar-refractivity contribution in [2.75, 3.05) is 6.61 Å². The predicted molar refractivity (Wildman–Crippen MR) is 93.6 cm³/mol. The third kappa shape index (κ3) is 4.59. The number of ether oxygens (including phenoxy) is 1. The molecule has 0 aliphatic rings. The van der Waals surface area contributed by atoms with E-state index in [2.05, 4.69) is 19.2 Å². The first kappa shape index (κ1) is 17.1. The summed E-state index contributed by atoms with van der Waals surface area (Å²) in [6.45, 7) is 8.21. The number of benzene rings is 2. The SMILES string of the molecule is Cc1cccc(C)c1OCC(=O)NC(c1ccccc1)C(C)C. The van der Waals surface area contributed by atoms with Crippen molar-refractivity contribution in [3.05, 3.63) is 65.2 Å². The molecule has 1 N–H and O–H groups in total. The Morgan fingerprint density at radius 3 is 2.17 bits per heavy atom. The molecule has 2 aromatic rings. The van der Waals surface area contributed by atoms with Gasteiger partial charge in [0.25, 0.3) is 5.91 Å². The summed E-state index contributed by atoms with van der Waals surface area (Å²) in [6, 6.07) is 16.0. The van der Waals surface area contributed by atoms with E-state index in [4.69, 9.17) is 4.74 Å². The highest BCUT2D eigenvalue weighted by molar-refractivity contribution is 5.78. The molecule has 1 unspecified atom stereocenters. The van der Waals surface area contributed by atoms with E-state index < -0.39 is 0 Å². The van der Waals surface area contributed by atoms with Crippen LogP contribution in [0.3, 0.4) is 0 Å². The maximum atomic E-state index is 12.3. The number of nitrogens with one attached hydrogen (secondary N) is 1. The van der Waals surface area contributed by atoms with E-state index in [0.29, 0.717) is 5.92 Å². The summed E-state index contributed by atoms with van der Waals surface area (Å²) in [6.07, 6.45) is 0. The van der Waals surface area contributed by atoms with Crippen LogP contribution in [-0.2, 0) is 4.79 Å². The van der Waals surface area contributed by atoms with Gasteiger partial charge >= 0.3 is 0 Å². The minimum atomic E-state index is -0.102. The molecule has 0 aliphatic heterocycles. The quantitative estimate of drug-likeness (QED) is 0.868. The molecule has 1 amide bonds. The predicted octanol–water partition coefficient (Wildman–Crippen LogP) is 4.20. The summed E-state index contributed by atoms with van der Waals surface area (Å²) in [5, 5.41) is 3.08. The first-order chi connectivity index (χ1) is 11.0. The lowest BCUT2D eigenvalue weighted by Crippen LogP contribution is -2.35. The Labute approximate surface area is 138 Å². The number of carbonyl (C=O) groups is 1. The van der Waals surface area contributed by atoms with Crippen LogP contribution < -0.4 is 10.1 Å². The first-order valence-corrected chi connectivity index (χ1v) is 8.02. The maximum Gasteiger partial charge on any atom is 0.258 e. The Morgan fingerprint density at radius 1 is 1.00 bits per heavy atom. The minimum Gasteiger partial charge on any atom is -0.483 e. The van der Waals surface area contributed by atoms with E-state index >= 15 is 0 Å². The van der Waals surface area contributed by atoms with Gasteiger partial charge in [-0.3, -0.25) is 4.79 Å². The Morgan fingerprint density at radius 2 is 1.61 bits per heavy atom. The van der Waals surface area contributed by atoms with Gasteiger partial charge < -0.3 is 10.1 Å². The largest absolute Gasteiger partial charge is 0.483 e. The van der Waals surface area contributed by atoms with Gasteiger partial charge in [0, 0.05) is 0 Å². The summed E-state index contributed by atoms with van der Waals surface area (Å²) in [7, 11) is 0. The molecule has 122 valence electrons. The zero-order valence-corrected chi connectivity index (χ0v) is 14.3. The van der Waals surface area contributed by atoms with Crippen molar-refractivity contribution in [3.8, 4) is 5.75 Å². The highest BCUT2D eigenvalue weighted by atomic mass is 16.5. The van der Waals surface area contributed by atoms with Gasteiger partial charge in [0.2, 0.25) is 0 Å². The molecule has 0 spiro atoms. The monoisotopic (exact) mass is 311 g/mol. The summed E-state index contributed by atoms with van der Waals surface area (Å²) >= 11 is 0. The van der Waals surface area contributed by atoms with E-state index in [-0.39, 0.29) is 18.6 Å². The van der Waals surface area contributed by atoms with Gasteiger partial charge in [-0.25, -0.2) is 0 Å². The molecule has 3 nitrogen and oxygen atoms in total. The number of aryl methyl sites for hydroxylation is 2. The maximum absolute atomic E-state index is 12.3. The van der Waals surface area contributed by atoms with Gasteiger partial charge in [-0.1, -0.05) is 62.4 Å². The van der Waals surface area contributed by atoms with E-state index in [0.717, 1.165) is 22.4 Å². The van der Waals surface area contributed by atoms with Crippen molar-refractivity contribution >= 4 is 5.91 Å². The number of rotatable bonds is 6. The molecule has 2 rings (SSSR count). The van der Waals surface area contributed by atoms with Crippen molar-refractivity contribution in [1.29, 1.82) is 0 Å². The van der Waals surface area contributed by atoms with Gasteiger partial charge in [-0.05, 0) is 36.5 Å². The van der Waals surface area contributed by atoms with Crippen molar-refractivity contribution < 1.29 is 9.53 Å². The van der Waals surface area contributed by atoms with Gasteiger partial charge in [-0.2, -0.15) is 0 Å². The van der Waals surface area contributed by atoms with E-state index in [1.54, 1.807) is 0 Å². The highest BCUT2D eigenvalue weighted by Gasteiger charge is 2.18. The molecule has 0 radical (unpaired) electrons. The van der Waals surface area contributed by atoms with Crippen molar-refractivity contribution in [2.45, 2.75) is 33.7 Å². The topological polar surface area (TPSA) is 38.3 Å². The molecule has 2 aromatic carbocycles. The van der Waals surface area contributed by atoms with Crippen LogP contribution in [0.1, 0.15) is 36.6 Å². The Hall–Kier alpha value is -2.29. The standard InChI is InChI=1S/C20H25NO2/c1-14(2)19(17-11-6-5-7-12-17)21-18(22)13-23-20-15(3)9-8-10-16(20)4/h5-12,14,19H,13H2,1-4H3,(H,21,22). The fourth-order valence-electron chi connectivity index (χ4n) is 2.67. The molecule has 0 heterocycles.